The molecule has 0 fully saturated rings. The van der Waals surface area contributed by atoms with E-state index in [0.717, 1.165) is 0 Å². The van der Waals surface area contributed by atoms with Crippen LogP contribution in [0.2, 0.25) is 0 Å². The second-order valence-electron chi connectivity index (χ2n) is 2.84. The van der Waals surface area contributed by atoms with E-state index in [9.17, 15) is 14.3 Å². The summed E-state index contributed by atoms with van der Waals surface area (Å²) in [6.45, 7) is 1.64. The highest BCUT2D eigenvalue weighted by atomic mass is 79.9. The minimum atomic E-state index is -2.84. The Morgan fingerprint density at radius 3 is 2.60 bits per heavy atom. The average Bonchev–Trinajstić information content (AvgIpc) is 2.17. The van der Waals surface area contributed by atoms with Gasteiger partial charge in [0, 0.05) is 22.4 Å². The van der Waals surface area contributed by atoms with E-state index in [-0.39, 0.29) is 11.4 Å². The summed E-state index contributed by atoms with van der Waals surface area (Å²) in [6.07, 6.45) is 0. The zero-order valence-electron chi connectivity index (χ0n) is 7.90. The largest absolute Gasteiger partial charge is 0.270 e. The predicted molar refractivity (Wildman–Crippen MR) is 60.5 cm³/mol. The lowest BCUT2D eigenvalue weighted by Gasteiger charge is -2.06. The fraction of sp³-hybridized carbons (Fsp3) is 0.250. The van der Waals surface area contributed by atoms with E-state index >= 15 is 0 Å². The quantitative estimate of drug-likeness (QED) is 0.687. The summed E-state index contributed by atoms with van der Waals surface area (Å²) in [4.78, 5) is 10.2. The maximum absolute atomic E-state index is 11.7. The number of nitro groups is 1. The molecule has 0 radical (unpaired) electrons. The number of nitro benzene ring substituents is 1. The van der Waals surface area contributed by atoms with E-state index in [1.54, 1.807) is 6.92 Å². The average molecular weight is 293 g/mol. The van der Waals surface area contributed by atoms with Crippen molar-refractivity contribution in [3.8, 4) is 0 Å². The zero-order chi connectivity index (χ0) is 11.6. The molecule has 1 aromatic rings. The highest BCUT2D eigenvalue weighted by Crippen LogP contribution is 2.27. The van der Waals surface area contributed by atoms with Crippen molar-refractivity contribution in [2.45, 2.75) is 11.8 Å². The summed E-state index contributed by atoms with van der Waals surface area (Å²) in [5, 5.41) is 10.5. The molecule has 82 valence electrons. The first-order valence-electron chi connectivity index (χ1n) is 4.09. The van der Waals surface area contributed by atoms with Crippen LogP contribution in [0.4, 0.5) is 5.69 Å². The van der Waals surface area contributed by atoms with Crippen LogP contribution < -0.4 is 0 Å². The van der Waals surface area contributed by atoms with Crippen molar-refractivity contribution in [3.05, 3.63) is 32.8 Å². The normalized spacial score (nSPS) is 14.5. The van der Waals surface area contributed by atoms with Gasteiger partial charge in [0.25, 0.3) is 5.69 Å². The van der Waals surface area contributed by atoms with Crippen LogP contribution in [-0.2, 0) is 9.73 Å². The monoisotopic (exact) mass is 292 g/mol. The van der Waals surface area contributed by atoms with Crippen molar-refractivity contribution < 1.29 is 9.13 Å². The van der Waals surface area contributed by atoms with E-state index in [1.807, 2.05) is 0 Å². The standard InChI is InChI=1S/C8H9BrN2O3S/c1-2-15(10,14)8-4-3-6(11(12)13)5-7(8)9/h3-5,10H,2H2,1H3. The summed E-state index contributed by atoms with van der Waals surface area (Å²) < 4.78 is 19.6. The Bertz CT molecular complexity index is 499. The molecule has 1 N–H and O–H groups in total. The van der Waals surface area contributed by atoms with Gasteiger partial charge in [-0.3, -0.25) is 10.1 Å². The molecule has 0 aromatic heterocycles. The van der Waals surface area contributed by atoms with Gasteiger partial charge in [-0.15, -0.1) is 0 Å². The number of hydrogen-bond donors (Lipinski definition) is 1. The number of halogens is 1. The number of benzene rings is 1. The Kier molecular flexibility index (Phi) is 3.46. The van der Waals surface area contributed by atoms with Gasteiger partial charge in [0.15, 0.2) is 0 Å². The number of nitrogens with zero attached hydrogens (tertiary/aromatic N) is 1. The van der Waals surface area contributed by atoms with Gasteiger partial charge in [0.2, 0.25) is 0 Å². The lowest BCUT2D eigenvalue weighted by molar-refractivity contribution is -0.385. The molecule has 5 nitrogen and oxygen atoms in total. The van der Waals surface area contributed by atoms with Crippen LogP contribution >= 0.6 is 15.9 Å². The van der Waals surface area contributed by atoms with Crippen LogP contribution in [0.3, 0.4) is 0 Å². The molecule has 1 atom stereocenters. The predicted octanol–water partition coefficient (Wildman–Crippen LogP) is 2.78. The number of hydrogen-bond acceptors (Lipinski definition) is 4. The third kappa shape index (κ3) is 2.54. The molecule has 1 rings (SSSR count). The minimum absolute atomic E-state index is 0.0862. The molecule has 0 amide bonds. The molecule has 0 aliphatic heterocycles. The van der Waals surface area contributed by atoms with Gasteiger partial charge in [0.05, 0.1) is 19.5 Å². The van der Waals surface area contributed by atoms with Crippen molar-refractivity contribution in [1.82, 2.24) is 0 Å². The van der Waals surface area contributed by atoms with Crippen LogP contribution in [0.15, 0.2) is 27.6 Å². The van der Waals surface area contributed by atoms with Gasteiger partial charge in [-0.1, -0.05) is 6.92 Å². The molecule has 0 heterocycles. The Morgan fingerprint density at radius 2 is 2.20 bits per heavy atom. The van der Waals surface area contributed by atoms with Gasteiger partial charge in [-0.2, -0.15) is 0 Å². The lowest BCUT2D eigenvalue weighted by atomic mass is 10.3. The maximum atomic E-state index is 11.7. The fourth-order valence-electron chi connectivity index (χ4n) is 1.03. The van der Waals surface area contributed by atoms with Crippen LogP contribution in [0.1, 0.15) is 6.92 Å². The van der Waals surface area contributed by atoms with Crippen LogP contribution in [0.25, 0.3) is 0 Å². The van der Waals surface area contributed by atoms with E-state index in [2.05, 4.69) is 15.9 Å². The van der Waals surface area contributed by atoms with Gasteiger partial charge in [-0.05, 0) is 22.0 Å². The second kappa shape index (κ2) is 4.28. The number of nitrogens with one attached hydrogen (secondary N) is 1. The Labute approximate surface area is 95.8 Å². The zero-order valence-corrected chi connectivity index (χ0v) is 10.3. The van der Waals surface area contributed by atoms with E-state index in [0.29, 0.717) is 9.37 Å². The highest BCUT2D eigenvalue weighted by molar-refractivity contribution is 9.10. The molecule has 0 saturated carbocycles. The van der Waals surface area contributed by atoms with Gasteiger partial charge in [0.1, 0.15) is 0 Å². The minimum Gasteiger partial charge on any atom is -0.258 e. The Balaban J connectivity index is 3.32. The molecular formula is C8H9BrN2O3S. The first-order valence-corrected chi connectivity index (χ1v) is 6.61. The first-order chi connectivity index (χ1) is 6.88. The van der Waals surface area contributed by atoms with Crippen molar-refractivity contribution >= 4 is 31.3 Å². The lowest BCUT2D eigenvalue weighted by Crippen LogP contribution is -2.03. The molecule has 0 aliphatic rings. The fourth-order valence-corrected chi connectivity index (χ4v) is 3.15. The van der Waals surface area contributed by atoms with Gasteiger partial charge >= 0.3 is 0 Å². The third-order valence-electron chi connectivity index (χ3n) is 1.89. The van der Waals surface area contributed by atoms with Crippen LogP contribution in [-0.4, -0.2) is 14.9 Å². The van der Waals surface area contributed by atoms with Crippen molar-refractivity contribution in [2.75, 3.05) is 5.75 Å². The summed E-state index contributed by atoms with van der Waals surface area (Å²) in [5.74, 6) is 0.184. The molecule has 15 heavy (non-hydrogen) atoms. The molecule has 0 saturated heterocycles. The number of rotatable bonds is 3. The van der Waals surface area contributed by atoms with Crippen molar-refractivity contribution in [3.63, 3.8) is 0 Å². The Morgan fingerprint density at radius 1 is 1.60 bits per heavy atom. The molecule has 0 spiro atoms. The summed E-state index contributed by atoms with van der Waals surface area (Å²) in [6, 6.07) is 3.88. The molecule has 1 aromatic carbocycles. The Hall–Kier alpha value is -0.950. The van der Waals surface area contributed by atoms with E-state index < -0.39 is 14.7 Å². The first kappa shape index (κ1) is 12.1. The van der Waals surface area contributed by atoms with E-state index in [4.69, 9.17) is 4.78 Å². The molecule has 0 aliphatic carbocycles. The molecular weight excluding hydrogens is 284 g/mol. The van der Waals surface area contributed by atoms with Gasteiger partial charge < -0.3 is 0 Å². The summed E-state index contributed by atoms with van der Waals surface area (Å²) >= 11 is 3.09. The number of non-ortho nitro benzene ring substituents is 1. The second-order valence-corrected chi connectivity index (χ2v) is 6.06. The van der Waals surface area contributed by atoms with Crippen molar-refractivity contribution in [2.24, 2.45) is 0 Å². The van der Waals surface area contributed by atoms with Crippen LogP contribution in [0, 0.1) is 14.9 Å². The molecule has 0 bridgehead atoms. The van der Waals surface area contributed by atoms with E-state index in [1.165, 1.54) is 18.2 Å². The molecule has 1 unspecified atom stereocenters. The summed E-state index contributed by atoms with van der Waals surface area (Å²) in [5.41, 5.74) is -0.0862. The maximum Gasteiger partial charge on any atom is 0.270 e. The summed E-state index contributed by atoms with van der Waals surface area (Å²) in [7, 11) is -2.84. The van der Waals surface area contributed by atoms with Crippen molar-refractivity contribution in [1.29, 1.82) is 4.78 Å². The smallest absolute Gasteiger partial charge is 0.258 e. The molecule has 7 heteroatoms. The highest BCUT2D eigenvalue weighted by Gasteiger charge is 2.15. The SMILES string of the molecule is CCS(=N)(=O)c1ccc([N+](=O)[O-])cc1Br. The van der Waals surface area contributed by atoms with Gasteiger partial charge in [-0.25, -0.2) is 8.99 Å². The topological polar surface area (TPSA) is 84.1 Å². The van der Waals surface area contributed by atoms with Crippen LogP contribution in [0.5, 0.6) is 0 Å². The third-order valence-corrected chi connectivity index (χ3v) is 4.69.